The molecular formula is C15H30N2O. The fraction of sp³-hybridized carbons (Fsp3) is 1.00. The fourth-order valence-corrected chi connectivity index (χ4v) is 3.57. The van der Waals surface area contributed by atoms with Crippen LogP contribution in [0.1, 0.15) is 52.4 Å². The number of methoxy groups -OCH3 is 1. The zero-order chi connectivity index (χ0) is 13.0. The summed E-state index contributed by atoms with van der Waals surface area (Å²) < 4.78 is 5.57. The van der Waals surface area contributed by atoms with Gasteiger partial charge in [0, 0.05) is 31.8 Å². The van der Waals surface area contributed by atoms with E-state index in [1.54, 1.807) is 0 Å². The molecule has 2 aliphatic rings. The number of likely N-dealkylation sites (tertiary alicyclic amines) is 1. The Morgan fingerprint density at radius 3 is 2.78 bits per heavy atom. The van der Waals surface area contributed by atoms with Gasteiger partial charge >= 0.3 is 0 Å². The maximum Gasteiger partial charge on any atom is 0.0586 e. The van der Waals surface area contributed by atoms with Crippen molar-refractivity contribution in [3.05, 3.63) is 0 Å². The maximum absolute atomic E-state index is 5.57. The molecule has 2 fully saturated rings. The number of hydrogen-bond donors (Lipinski definition) is 1. The average molecular weight is 254 g/mol. The molecular weight excluding hydrogens is 224 g/mol. The van der Waals surface area contributed by atoms with Gasteiger partial charge in [-0.1, -0.05) is 13.8 Å². The highest BCUT2D eigenvalue weighted by atomic mass is 16.5. The molecule has 0 aromatic rings. The van der Waals surface area contributed by atoms with Gasteiger partial charge in [0.2, 0.25) is 0 Å². The van der Waals surface area contributed by atoms with Crippen molar-refractivity contribution in [3.63, 3.8) is 0 Å². The minimum atomic E-state index is 0.503. The van der Waals surface area contributed by atoms with Gasteiger partial charge in [0.1, 0.15) is 0 Å². The SMILES string of the molecule is COC1CCCC(N2CCCC2CNC(C)C)C1. The second kappa shape index (κ2) is 6.88. The lowest BCUT2D eigenvalue weighted by molar-refractivity contribution is 0.0241. The van der Waals surface area contributed by atoms with E-state index < -0.39 is 0 Å². The summed E-state index contributed by atoms with van der Waals surface area (Å²) in [4.78, 5) is 2.76. The monoisotopic (exact) mass is 254 g/mol. The molecule has 2 rings (SSSR count). The van der Waals surface area contributed by atoms with E-state index in [9.17, 15) is 0 Å². The lowest BCUT2D eigenvalue weighted by Gasteiger charge is -2.38. The number of nitrogens with one attached hydrogen (secondary N) is 1. The van der Waals surface area contributed by atoms with E-state index in [0.29, 0.717) is 12.1 Å². The third-order valence-electron chi connectivity index (χ3n) is 4.59. The first-order chi connectivity index (χ1) is 8.70. The van der Waals surface area contributed by atoms with Crippen LogP contribution < -0.4 is 5.32 Å². The van der Waals surface area contributed by atoms with E-state index in [-0.39, 0.29) is 0 Å². The van der Waals surface area contributed by atoms with Gasteiger partial charge in [0.15, 0.2) is 0 Å². The summed E-state index contributed by atoms with van der Waals surface area (Å²) in [7, 11) is 1.87. The van der Waals surface area contributed by atoms with Crippen LogP contribution in [0.25, 0.3) is 0 Å². The van der Waals surface area contributed by atoms with Crippen molar-refractivity contribution >= 4 is 0 Å². The molecule has 1 N–H and O–H groups in total. The van der Waals surface area contributed by atoms with Crippen molar-refractivity contribution in [3.8, 4) is 0 Å². The molecule has 3 heteroatoms. The van der Waals surface area contributed by atoms with Crippen LogP contribution in [-0.2, 0) is 4.74 Å². The first-order valence-electron chi connectivity index (χ1n) is 7.72. The summed E-state index contributed by atoms with van der Waals surface area (Å²) in [5.74, 6) is 0. The van der Waals surface area contributed by atoms with Crippen molar-refractivity contribution in [2.45, 2.75) is 76.6 Å². The van der Waals surface area contributed by atoms with E-state index in [2.05, 4.69) is 24.1 Å². The summed E-state index contributed by atoms with van der Waals surface area (Å²) in [6, 6.07) is 2.13. The zero-order valence-electron chi connectivity index (χ0n) is 12.3. The highest BCUT2D eigenvalue weighted by molar-refractivity contribution is 4.89. The summed E-state index contributed by atoms with van der Waals surface area (Å²) >= 11 is 0. The predicted octanol–water partition coefficient (Wildman–Crippen LogP) is 2.41. The quantitative estimate of drug-likeness (QED) is 0.815. The lowest BCUT2D eigenvalue weighted by Crippen LogP contribution is -2.47. The van der Waals surface area contributed by atoms with Crippen LogP contribution in [-0.4, -0.2) is 49.3 Å². The highest BCUT2D eigenvalue weighted by Crippen LogP contribution is 2.30. The van der Waals surface area contributed by atoms with Crippen LogP contribution in [0.15, 0.2) is 0 Å². The van der Waals surface area contributed by atoms with Crippen molar-refractivity contribution < 1.29 is 4.74 Å². The van der Waals surface area contributed by atoms with Gasteiger partial charge in [0.25, 0.3) is 0 Å². The van der Waals surface area contributed by atoms with Gasteiger partial charge in [-0.3, -0.25) is 4.90 Å². The van der Waals surface area contributed by atoms with Gasteiger partial charge in [-0.15, -0.1) is 0 Å². The Balaban J connectivity index is 1.85. The van der Waals surface area contributed by atoms with Crippen LogP contribution in [0.3, 0.4) is 0 Å². The standard InChI is InChI=1S/C15H30N2O/c1-12(2)16-11-14-7-5-9-17(14)13-6-4-8-15(10-13)18-3/h12-16H,4-11H2,1-3H3. The summed E-state index contributed by atoms with van der Waals surface area (Å²) in [6.45, 7) is 6.93. The Labute approximate surface area is 112 Å². The molecule has 3 unspecified atom stereocenters. The van der Waals surface area contributed by atoms with E-state index in [4.69, 9.17) is 4.74 Å². The minimum absolute atomic E-state index is 0.503. The molecule has 1 saturated carbocycles. The Morgan fingerprint density at radius 2 is 2.06 bits per heavy atom. The molecule has 3 atom stereocenters. The molecule has 3 nitrogen and oxygen atoms in total. The van der Waals surface area contributed by atoms with Crippen molar-refractivity contribution in [2.75, 3.05) is 20.2 Å². The number of rotatable bonds is 5. The molecule has 0 amide bonds. The van der Waals surface area contributed by atoms with Crippen LogP contribution in [0.2, 0.25) is 0 Å². The lowest BCUT2D eigenvalue weighted by atomic mass is 9.91. The average Bonchev–Trinajstić information content (AvgIpc) is 2.84. The van der Waals surface area contributed by atoms with Gasteiger partial charge in [-0.05, 0) is 45.1 Å². The fourth-order valence-electron chi connectivity index (χ4n) is 3.57. The number of ether oxygens (including phenoxy) is 1. The molecule has 0 spiro atoms. The second-order valence-electron chi connectivity index (χ2n) is 6.27. The molecule has 106 valence electrons. The molecule has 1 aliphatic carbocycles. The second-order valence-corrected chi connectivity index (χ2v) is 6.27. The third kappa shape index (κ3) is 3.69. The summed E-state index contributed by atoms with van der Waals surface area (Å²) in [6.07, 6.45) is 8.46. The van der Waals surface area contributed by atoms with Crippen LogP contribution >= 0.6 is 0 Å². The van der Waals surface area contributed by atoms with Gasteiger partial charge in [0.05, 0.1) is 6.10 Å². The van der Waals surface area contributed by atoms with Crippen LogP contribution in [0, 0.1) is 0 Å². The molecule has 1 saturated heterocycles. The van der Waals surface area contributed by atoms with E-state index in [1.165, 1.54) is 45.1 Å². The summed E-state index contributed by atoms with van der Waals surface area (Å²) in [5, 5.41) is 3.61. The number of nitrogens with zero attached hydrogens (tertiary/aromatic N) is 1. The topological polar surface area (TPSA) is 24.5 Å². The van der Waals surface area contributed by atoms with Gasteiger partial charge in [-0.25, -0.2) is 0 Å². The highest BCUT2D eigenvalue weighted by Gasteiger charge is 2.33. The normalized spacial score (nSPS) is 34.3. The molecule has 18 heavy (non-hydrogen) atoms. The van der Waals surface area contributed by atoms with E-state index in [1.807, 2.05) is 7.11 Å². The number of hydrogen-bond acceptors (Lipinski definition) is 3. The molecule has 1 heterocycles. The van der Waals surface area contributed by atoms with Crippen molar-refractivity contribution in [1.82, 2.24) is 10.2 Å². The van der Waals surface area contributed by atoms with E-state index in [0.717, 1.165) is 18.6 Å². The molecule has 0 aromatic heterocycles. The zero-order valence-corrected chi connectivity index (χ0v) is 12.3. The van der Waals surface area contributed by atoms with Crippen molar-refractivity contribution in [2.24, 2.45) is 0 Å². The van der Waals surface area contributed by atoms with Gasteiger partial charge < -0.3 is 10.1 Å². The molecule has 0 bridgehead atoms. The van der Waals surface area contributed by atoms with Crippen LogP contribution in [0.5, 0.6) is 0 Å². The van der Waals surface area contributed by atoms with E-state index >= 15 is 0 Å². The summed E-state index contributed by atoms with van der Waals surface area (Å²) in [5.41, 5.74) is 0. The van der Waals surface area contributed by atoms with Crippen LogP contribution in [0.4, 0.5) is 0 Å². The third-order valence-corrected chi connectivity index (χ3v) is 4.59. The first-order valence-corrected chi connectivity index (χ1v) is 7.72. The largest absolute Gasteiger partial charge is 0.381 e. The minimum Gasteiger partial charge on any atom is -0.381 e. The Kier molecular flexibility index (Phi) is 5.46. The smallest absolute Gasteiger partial charge is 0.0586 e. The molecule has 1 aliphatic heterocycles. The first kappa shape index (κ1) is 14.3. The Hall–Kier alpha value is -0.120. The van der Waals surface area contributed by atoms with Gasteiger partial charge in [-0.2, -0.15) is 0 Å². The Morgan fingerprint density at radius 1 is 1.22 bits per heavy atom. The molecule has 0 radical (unpaired) electrons. The molecule has 0 aromatic carbocycles. The Bertz CT molecular complexity index is 245. The predicted molar refractivity (Wildman–Crippen MR) is 75.9 cm³/mol. The maximum atomic E-state index is 5.57. The van der Waals surface area contributed by atoms with Crippen molar-refractivity contribution in [1.29, 1.82) is 0 Å².